The Labute approximate surface area is 256 Å². The molecule has 44 heavy (non-hydrogen) atoms. The molecule has 2 heterocycles. The number of hydrogen-bond acceptors (Lipinski definition) is 6. The van der Waals surface area contributed by atoms with Gasteiger partial charge in [-0.25, -0.2) is 14.5 Å². The molecule has 0 radical (unpaired) electrons. The second-order valence-corrected chi connectivity index (χ2v) is 11.0. The Hall–Kier alpha value is -4.65. The van der Waals surface area contributed by atoms with E-state index in [4.69, 9.17) is 0 Å². The van der Waals surface area contributed by atoms with E-state index < -0.39 is 12.4 Å². The van der Waals surface area contributed by atoms with Gasteiger partial charge in [0.25, 0.3) is 0 Å². The highest BCUT2D eigenvalue weighted by Crippen LogP contribution is 2.32. The molecule has 13 heteroatoms. The number of nitrogens with one attached hydrogen (secondary N) is 1. The van der Waals surface area contributed by atoms with Gasteiger partial charge in [-0.3, -0.25) is 9.69 Å². The van der Waals surface area contributed by atoms with Gasteiger partial charge in [-0.2, -0.15) is 4.99 Å². The van der Waals surface area contributed by atoms with Gasteiger partial charge in [0.15, 0.2) is 11.0 Å². The largest absolute Gasteiger partial charge is 0.573 e. The number of rotatable bonds is 9. The number of hydrogen-bond donors (Lipinski definition) is 1. The van der Waals surface area contributed by atoms with Gasteiger partial charge in [0.1, 0.15) is 12.1 Å². The van der Waals surface area contributed by atoms with Gasteiger partial charge in [0.2, 0.25) is 5.91 Å². The van der Waals surface area contributed by atoms with Crippen LogP contribution in [0.25, 0.3) is 17.1 Å². The molecule has 3 aromatic carbocycles. The summed E-state index contributed by atoms with van der Waals surface area (Å²) in [5, 5.41) is 7.63. The number of aromatic nitrogens is 3. The summed E-state index contributed by atoms with van der Waals surface area (Å²) < 4.78 is 42.5. The Balaban J connectivity index is 1.08. The number of aryl methyl sites for hydroxylation is 3. The molecule has 1 aromatic heterocycles. The van der Waals surface area contributed by atoms with Gasteiger partial charge in [-0.1, -0.05) is 54.2 Å². The number of anilines is 1. The Morgan fingerprint density at radius 3 is 2.41 bits per heavy atom. The highest BCUT2D eigenvalue weighted by atomic mass is 32.2. The van der Waals surface area contributed by atoms with Crippen molar-refractivity contribution in [1.29, 1.82) is 0 Å². The number of thioether (sulfide) groups is 1. The number of amidine groups is 1. The van der Waals surface area contributed by atoms with Gasteiger partial charge in [0, 0.05) is 12.1 Å². The molecule has 228 valence electrons. The fraction of sp³-hybridized carbons (Fsp3) is 0.258. The maximum Gasteiger partial charge on any atom is 0.573 e. The number of ether oxygens (including phenoxy) is 1. The third-order valence-electron chi connectivity index (χ3n) is 6.83. The summed E-state index contributed by atoms with van der Waals surface area (Å²) in [4.78, 5) is 35.1. The van der Waals surface area contributed by atoms with Crippen LogP contribution in [0, 0.1) is 13.8 Å². The molecular formula is C31H29F3N6O3S. The maximum atomic E-state index is 12.6. The average molecular weight is 623 g/mol. The summed E-state index contributed by atoms with van der Waals surface area (Å²) in [5.74, 6) is 0.320. The second kappa shape index (κ2) is 13.3. The first kappa shape index (κ1) is 30.8. The number of alkyl halides is 3. The van der Waals surface area contributed by atoms with Gasteiger partial charge >= 0.3 is 12.4 Å². The summed E-state index contributed by atoms with van der Waals surface area (Å²) in [6.45, 7) is 4.32. The Kier molecular flexibility index (Phi) is 9.33. The van der Waals surface area contributed by atoms with Crippen molar-refractivity contribution >= 4 is 34.6 Å². The minimum absolute atomic E-state index is 0.0951. The van der Waals surface area contributed by atoms with Crippen LogP contribution in [0.5, 0.6) is 5.75 Å². The van der Waals surface area contributed by atoms with Crippen LogP contribution in [0.15, 0.2) is 78.0 Å². The third kappa shape index (κ3) is 7.64. The van der Waals surface area contributed by atoms with Crippen LogP contribution in [0.2, 0.25) is 0 Å². The number of urea groups is 1. The molecule has 0 bridgehead atoms. The predicted octanol–water partition coefficient (Wildman–Crippen LogP) is 6.62. The van der Waals surface area contributed by atoms with Crippen LogP contribution in [-0.2, 0) is 11.2 Å². The van der Waals surface area contributed by atoms with Crippen molar-refractivity contribution in [2.24, 2.45) is 4.99 Å². The molecule has 5 rings (SSSR count). The van der Waals surface area contributed by atoms with Crippen molar-refractivity contribution in [1.82, 2.24) is 20.1 Å². The van der Waals surface area contributed by atoms with Crippen molar-refractivity contribution in [3.8, 4) is 22.8 Å². The SMILES string of the molecule is Cc1cccc(C)c1N1C(=O)CS/C1=N\C(=O)NCCCCc1ccc(-c2ncn(-c3ccc(OC(F)(F)F)cc3)n2)cc1. The van der Waals surface area contributed by atoms with Crippen LogP contribution < -0.4 is 15.0 Å². The van der Waals surface area contributed by atoms with E-state index in [1.54, 1.807) is 0 Å². The lowest BCUT2D eigenvalue weighted by atomic mass is 10.1. The summed E-state index contributed by atoms with van der Waals surface area (Å²) in [6.07, 6.45) is -0.847. The van der Waals surface area contributed by atoms with Crippen molar-refractivity contribution in [3.05, 3.63) is 89.7 Å². The van der Waals surface area contributed by atoms with E-state index in [0.29, 0.717) is 23.2 Å². The predicted molar refractivity (Wildman–Crippen MR) is 163 cm³/mol. The Bertz CT molecular complexity index is 1650. The molecule has 1 aliphatic heterocycles. The minimum atomic E-state index is -4.75. The third-order valence-corrected chi connectivity index (χ3v) is 7.76. The molecule has 1 fully saturated rings. The van der Waals surface area contributed by atoms with Crippen LogP contribution in [0.4, 0.5) is 23.7 Å². The fourth-order valence-corrected chi connectivity index (χ4v) is 5.59. The first-order valence-electron chi connectivity index (χ1n) is 13.8. The number of aliphatic imine (C=N–C) groups is 1. The standard InChI is InChI=1S/C31H29F3N6O3S/c1-20-6-5-7-21(2)27(20)40-26(41)18-44-30(40)37-29(42)35-17-4-3-8-22-9-11-23(12-10-22)28-36-19-39(38-28)24-13-15-25(16-14-24)43-31(32,33)34/h5-7,9-16,19H,3-4,8,17-18H2,1-2H3,(H,35,42)/b37-30-. The molecule has 0 atom stereocenters. The number of carbonyl (C=O) groups is 2. The molecule has 1 aliphatic rings. The zero-order valence-electron chi connectivity index (χ0n) is 24.0. The summed E-state index contributed by atoms with van der Waals surface area (Å²) in [6, 6.07) is 18.5. The van der Waals surface area contributed by atoms with Crippen molar-refractivity contribution in [3.63, 3.8) is 0 Å². The second-order valence-electron chi connectivity index (χ2n) is 10.1. The first-order chi connectivity index (χ1) is 21.1. The molecule has 0 aliphatic carbocycles. The number of benzene rings is 3. The number of nitrogens with zero attached hydrogens (tertiary/aromatic N) is 5. The zero-order chi connectivity index (χ0) is 31.3. The number of halogens is 3. The van der Waals surface area contributed by atoms with E-state index >= 15 is 0 Å². The number of para-hydroxylation sites is 1. The molecule has 1 saturated heterocycles. The number of amides is 3. The van der Waals surface area contributed by atoms with Gasteiger partial charge < -0.3 is 10.1 Å². The maximum absolute atomic E-state index is 12.6. The molecule has 9 nitrogen and oxygen atoms in total. The molecule has 0 saturated carbocycles. The smallest absolute Gasteiger partial charge is 0.406 e. The molecular weight excluding hydrogens is 593 g/mol. The van der Waals surface area contributed by atoms with Crippen molar-refractivity contribution in [2.75, 3.05) is 17.2 Å². The van der Waals surface area contributed by atoms with Gasteiger partial charge in [-0.15, -0.1) is 18.3 Å². The monoisotopic (exact) mass is 622 g/mol. The summed E-state index contributed by atoms with van der Waals surface area (Å²) in [7, 11) is 0. The van der Waals surface area contributed by atoms with Crippen molar-refractivity contribution < 1.29 is 27.5 Å². The van der Waals surface area contributed by atoms with E-state index in [1.807, 2.05) is 56.3 Å². The van der Waals surface area contributed by atoms with E-state index in [-0.39, 0.29) is 17.4 Å². The van der Waals surface area contributed by atoms with E-state index in [0.717, 1.165) is 47.2 Å². The van der Waals surface area contributed by atoms with E-state index in [1.165, 1.54) is 51.9 Å². The topological polar surface area (TPSA) is 102 Å². The molecule has 3 amide bonds. The van der Waals surface area contributed by atoms with E-state index in [9.17, 15) is 22.8 Å². The Morgan fingerprint density at radius 2 is 1.73 bits per heavy atom. The van der Waals surface area contributed by atoms with Gasteiger partial charge in [-0.05, 0) is 74.1 Å². The van der Waals surface area contributed by atoms with Gasteiger partial charge in [0.05, 0.1) is 17.1 Å². The molecule has 0 unspecified atom stereocenters. The Morgan fingerprint density at radius 1 is 1.02 bits per heavy atom. The molecule has 0 spiro atoms. The number of carbonyl (C=O) groups excluding carboxylic acids is 2. The summed E-state index contributed by atoms with van der Waals surface area (Å²) in [5.41, 5.74) is 5.12. The van der Waals surface area contributed by atoms with Crippen molar-refractivity contribution in [2.45, 2.75) is 39.5 Å². The first-order valence-corrected chi connectivity index (χ1v) is 14.8. The van der Waals surface area contributed by atoms with Crippen LogP contribution in [-0.4, -0.2) is 50.5 Å². The lowest BCUT2D eigenvalue weighted by Crippen LogP contribution is -2.32. The lowest BCUT2D eigenvalue weighted by molar-refractivity contribution is -0.274. The van der Waals surface area contributed by atoms with Crippen LogP contribution >= 0.6 is 11.8 Å². The highest BCUT2D eigenvalue weighted by molar-refractivity contribution is 8.15. The highest BCUT2D eigenvalue weighted by Gasteiger charge is 2.32. The quantitative estimate of drug-likeness (QED) is 0.211. The van der Waals surface area contributed by atoms with E-state index in [2.05, 4.69) is 25.1 Å². The zero-order valence-corrected chi connectivity index (χ0v) is 24.8. The fourth-order valence-electron chi connectivity index (χ4n) is 4.74. The molecule has 1 N–H and O–H groups in total. The average Bonchev–Trinajstić information content (AvgIpc) is 3.60. The van der Waals surface area contributed by atoms with Crippen LogP contribution in [0.1, 0.15) is 29.5 Å². The minimum Gasteiger partial charge on any atom is -0.406 e. The lowest BCUT2D eigenvalue weighted by Gasteiger charge is -2.20. The summed E-state index contributed by atoms with van der Waals surface area (Å²) >= 11 is 1.26. The van der Waals surface area contributed by atoms with Crippen LogP contribution in [0.3, 0.4) is 0 Å². The molecule has 4 aromatic rings. The normalized spacial score (nSPS) is 14.3. The number of unbranched alkanes of at least 4 members (excludes halogenated alkanes) is 1.